The number of halogens is 2. The molecule has 1 aliphatic carbocycles. The second-order valence-corrected chi connectivity index (χ2v) is 7.99. The topological polar surface area (TPSA) is 55.4 Å². The van der Waals surface area contributed by atoms with Crippen molar-refractivity contribution >= 4 is 23.4 Å². The standard InChI is InChI=1S/C24H21ClFNO3/c1-13-21(24(29)30-2)22(17-5-3-4-6-18(17)25)23-19(27-13)11-15(12-20(23)28)14-7-9-16(26)10-8-14/h3-10,15,22,27H,11-12H2,1-2H3. The molecule has 2 aromatic carbocycles. The van der Waals surface area contributed by atoms with Gasteiger partial charge in [0, 0.05) is 34.3 Å². The van der Waals surface area contributed by atoms with Crippen LogP contribution in [0.5, 0.6) is 0 Å². The van der Waals surface area contributed by atoms with E-state index in [2.05, 4.69) is 5.32 Å². The Morgan fingerprint density at radius 2 is 1.83 bits per heavy atom. The van der Waals surface area contributed by atoms with Crippen molar-refractivity contribution in [2.24, 2.45) is 0 Å². The maximum absolute atomic E-state index is 13.3. The van der Waals surface area contributed by atoms with E-state index in [-0.39, 0.29) is 23.9 Å². The Bertz CT molecular complexity index is 1090. The van der Waals surface area contributed by atoms with Crippen molar-refractivity contribution in [3.8, 4) is 0 Å². The summed E-state index contributed by atoms with van der Waals surface area (Å²) in [5.74, 6) is -1.52. The number of rotatable bonds is 3. The van der Waals surface area contributed by atoms with Crippen LogP contribution >= 0.6 is 11.6 Å². The number of allylic oxidation sites excluding steroid dienone is 3. The van der Waals surface area contributed by atoms with Crippen LogP contribution < -0.4 is 5.32 Å². The number of hydrogen-bond donors (Lipinski definition) is 1. The monoisotopic (exact) mass is 425 g/mol. The first kappa shape index (κ1) is 20.4. The molecule has 1 N–H and O–H groups in total. The zero-order chi connectivity index (χ0) is 21.4. The molecule has 0 spiro atoms. The Morgan fingerprint density at radius 1 is 1.13 bits per heavy atom. The SMILES string of the molecule is COC(=O)C1=C(C)NC2=C(C(=O)CC(c3ccc(F)cc3)C2)C1c1ccccc1Cl. The second kappa shape index (κ2) is 8.07. The van der Waals surface area contributed by atoms with Gasteiger partial charge >= 0.3 is 5.97 Å². The number of hydrogen-bond acceptors (Lipinski definition) is 4. The van der Waals surface area contributed by atoms with E-state index in [1.165, 1.54) is 19.2 Å². The molecule has 2 atom stereocenters. The molecule has 6 heteroatoms. The minimum Gasteiger partial charge on any atom is -0.466 e. The maximum atomic E-state index is 13.3. The van der Waals surface area contributed by atoms with Crippen molar-refractivity contribution in [3.05, 3.63) is 93.0 Å². The van der Waals surface area contributed by atoms with E-state index < -0.39 is 11.9 Å². The summed E-state index contributed by atoms with van der Waals surface area (Å²) < 4.78 is 18.3. The van der Waals surface area contributed by atoms with Gasteiger partial charge in [0.15, 0.2) is 5.78 Å². The van der Waals surface area contributed by atoms with Crippen LogP contribution in [0.2, 0.25) is 5.02 Å². The Morgan fingerprint density at radius 3 is 2.50 bits per heavy atom. The highest BCUT2D eigenvalue weighted by Crippen LogP contribution is 2.47. The lowest BCUT2D eigenvalue weighted by Gasteiger charge is -2.36. The molecule has 0 saturated heterocycles. The van der Waals surface area contributed by atoms with Crippen LogP contribution in [0.25, 0.3) is 0 Å². The fourth-order valence-corrected chi connectivity index (χ4v) is 4.66. The number of nitrogens with one attached hydrogen (secondary N) is 1. The molecule has 0 radical (unpaired) electrons. The van der Waals surface area contributed by atoms with Gasteiger partial charge in [0.05, 0.1) is 12.7 Å². The van der Waals surface area contributed by atoms with Crippen LogP contribution in [0.15, 0.2) is 71.1 Å². The van der Waals surface area contributed by atoms with Crippen LogP contribution in [-0.2, 0) is 14.3 Å². The van der Waals surface area contributed by atoms with E-state index in [1.807, 2.05) is 18.2 Å². The van der Waals surface area contributed by atoms with Crippen LogP contribution in [-0.4, -0.2) is 18.9 Å². The molecule has 4 nitrogen and oxygen atoms in total. The van der Waals surface area contributed by atoms with E-state index in [0.29, 0.717) is 33.9 Å². The van der Waals surface area contributed by atoms with Crippen molar-refractivity contribution in [2.75, 3.05) is 7.11 Å². The molecule has 1 aliphatic heterocycles. The quantitative estimate of drug-likeness (QED) is 0.702. The van der Waals surface area contributed by atoms with Gasteiger partial charge in [0.1, 0.15) is 5.82 Å². The molecule has 2 unspecified atom stereocenters. The first-order valence-corrected chi connectivity index (χ1v) is 10.1. The fourth-order valence-electron chi connectivity index (χ4n) is 4.41. The highest BCUT2D eigenvalue weighted by Gasteiger charge is 2.41. The summed E-state index contributed by atoms with van der Waals surface area (Å²) in [6.45, 7) is 1.80. The zero-order valence-electron chi connectivity index (χ0n) is 16.7. The highest BCUT2D eigenvalue weighted by atomic mass is 35.5. The van der Waals surface area contributed by atoms with E-state index in [0.717, 1.165) is 11.3 Å². The molecule has 0 amide bonds. The summed E-state index contributed by atoms with van der Waals surface area (Å²) in [4.78, 5) is 26.0. The summed E-state index contributed by atoms with van der Waals surface area (Å²) in [6, 6.07) is 13.5. The lowest BCUT2D eigenvalue weighted by molar-refractivity contribution is -0.136. The van der Waals surface area contributed by atoms with E-state index >= 15 is 0 Å². The van der Waals surface area contributed by atoms with Gasteiger partial charge in [-0.05, 0) is 48.6 Å². The van der Waals surface area contributed by atoms with Gasteiger partial charge in [-0.25, -0.2) is 9.18 Å². The Labute approximate surface area is 179 Å². The van der Waals surface area contributed by atoms with Crippen molar-refractivity contribution in [1.82, 2.24) is 5.32 Å². The predicted molar refractivity (Wildman–Crippen MR) is 112 cm³/mol. The predicted octanol–water partition coefficient (Wildman–Crippen LogP) is 5.01. The molecule has 30 heavy (non-hydrogen) atoms. The molecule has 2 aliphatic rings. The van der Waals surface area contributed by atoms with Crippen molar-refractivity contribution in [2.45, 2.75) is 31.6 Å². The third-order valence-electron chi connectivity index (χ3n) is 5.79. The maximum Gasteiger partial charge on any atom is 0.336 e. The van der Waals surface area contributed by atoms with Crippen LogP contribution in [0, 0.1) is 5.82 Å². The van der Waals surface area contributed by atoms with Crippen LogP contribution in [0.4, 0.5) is 4.39 Å². The number of Topliss-reactive ketones (excluding diaryl/α,β-unsaturated/α-hetero) is 1. The lowest BCUT2D eigenvalue weighted by Crippen LogP contribution is -2.36. The van der Waals surface area contributed by atoms with Crippen molar-refractivity contribution in [3.63, 3.8) is 0 Å². The number of methoxy groups -OCH3 is 1. The van der Waals surface area contributed by atoms with Gasteiger partial charge in [0.2, 0.25) is 0 Å². The van der Waals surface area contributed by atoms with Gasteiger partial charge in [-0.1, -0.05) is 41.9 Å². The second-order valence-electron chi connectivity index (χ2n) is 7.58. The molecular formula is C24H21ClFNO3. The van der Waals surface area contributed by atoms with Gasteiger partial charge in [0.25, 0.3) is 0 Å². The average Bonchev–Trinajstić information content (AvgIpc) is 2.73. The summed E-state index contributed by atoms with van der Waals surface area (Å²) in [7, 11) is 1.32. The van der Waals surface area contributed by atoms with Crippen molar-refractivity contribution in [1.29, 1.82) is 0 Å². The first-order valence-electron chi connectivity index (χ1n) is 9.73. The third kappa shape index (κ3) is 3.54. The molecule has 4 rings (SSSR count). The highest BCUT2D eigenvalue weighted by molar-refractivity contribution is 6.31. The zero-order valence-corrected chi connectivity index (χ0v) is 17.4. The minimum absolute atomic E-state index is 0.0584. The molecule has 154 valence electrons. The molecule has 0 saturated carbocycles. The van der Waals surface area contributed by atoms with E-state index in [4.69, 9.17) is 16.3 Å². The van der Waals surface area contributed by atoms with Gasteiger partial charge in [-0.15, -0.1) is 0 Å². The van der Waals surface area contributed by atoms with Crippen LogP contribution in [0.3, 0.4) is 0 Å². The number of ketones is 1. The summed E-state index contributed by atoms with van der Waals surface area (Å²) in [5.41, 5.74) is 3.95. The number of carbonyl (C=O) groups is 2. The van der Waals surface area contributed by atoms with E-state index in [1.54, 1.807) is 25.1 Å². The number of esters is 1. The smallest absolute Gasteiger partial charge is 0.336 e. The fraction of sp³-hybridized carbons (Fsp3) is 0.250. The van der Waals surface area contributed by atoms with Gasteiger partial charge in [-0.2, -0.15) is 0 Å². The van der Waals surface area contributed by atoms with Crippen LogP contribution in [0.1, 0.15) is 42.7 Å². The van der Waals surface area contributed by atoms with Crippen molar-refractivity contribution < 1.29 is 18.7 Å². The largest absolute Gasteiger partial charge is 0.466 e. The molecular weight excluding hydrogens is 405 g/mol. The van der Waals surface area contributed by atoms with Gasteiger partial charge < -0.3 is 10.1 Å². The molecule has 0 aromatic heterocycles. The third-order valence-corrected chi connectivity index (χ3v) is 6.13. The molecule has 0 fully saturated rings. The Balaban J connectivity index is 1.82. The Kier molecular flexibility index (Phi) is 5.48. The number of benzene rings is 2. The minimum atomic E-state index is -0.593. The summed E-state index contributed by atoms with van der Waals surface area (Å²) >= 11 is 6.47. The lowest BCUT2D eigenvalue weighted by atomic mass is 9.71. The summed E-state index contributed by atoms with van der Waals surface area (Å²) in [5, 5.41) is 3.75. The average molecular weight is 426 g/mol. The van der Waals surface area contributed by atoms with E-state index in [9.17, 15) is 14.0 Å². The number of carbonyl (C=O) groups excluding carboxylic acids is 2. The number of ether oxygens (including phenoxy) is 1. The Hall–Kier alpha value is -2.92. The number of dihydropyridines is 1. The van der Waals surface area contributed by atoms with Gasteiger partial charge in [-0.3, -0.25) is 4.79 Å². The molecule has 2 aromatic rings. The normalized spacial score (nSPS) is 21.3. The first-order chi connectivity index (χ1) is 14.4. The molecule has 1 heterocycles. The summed E-state index contributed by atoms with van der Waals surface area (Å²) in [6.07, 6.45) is 0.861. The molecule has 0 bridgehead atoms.